The second kappa shape index (κ2) is 7.64. The van der Waals surface area contributed by atoms with E-state index in [0.29, 0.717) is 17.6 Å². The number of hydrogen-bond donors (Lipinski definition) is 1. The molecule has 4 rings (SSSR count). The molecule has 3 aromatic rings. The summed E-state index contributed by atoms with van der Waals surface area (Å²) in [6.45, 7) is 5.97. The predicted molar refractivity (Wildman–Crippen MR) is 113 cm³/mol. The van der Waals surface area contributed by atoms with Gasteiger partial charge in [-0.1, -0.05) is 12.1 Å². The Morgan fingerprint density at radius 3 is 2.77 bits per heavy atom. The van der Waals surface area contributed by atoms with Crippen LogP contribution in [0.25, 0.3) is 22.4 Å². The highest BCUT2D eigenvalue weighted by molar-refractivity contribution is 5.87. The third-order valence-electron chi connectivity index (χ3n) is 5.20. The first-order valence-corrected chi connectivity index (χ1v) is 10.1. The Morgan fingerprint density at radius 1 is 1.32 bits per heavy atom. The highest BCUT2D eigenvalue weighted by Crippen LogP contribution is 2.35. The fraction of sp³-hybridized carbons (Fsp3) is 0.364. The Morgan fingerprint density at radius 2 is 2.10 bits per heavy atom. The van der Waals surface area contributed by atoms with Crippen molar-refractivity contribution in [2.45, 2.75) is 45.3 Å². The van der Waals surface area contributed by atoms with Crippen molar-refractivity contribution in [2.75, 3.05) is 6.54 Å². The molecule has 0 radical (unpaired) electrons. The van der Waals surface area contributed by atoms with Crippen LogP contribution < -0.4 is 0 Å². The molecule has 162 valence electrons. The molecule has 1 amide bonds. The lowest BCUT2D eigenvalue weighted by atomic mass is 10.0. The molecule has 1 aliphatic rings. The average molecular weight is 426 g/mol. The molecule has 31 heavy (non-hydrogen) atoms. The third-order valence-corrected chi connectivity index (χ3v) is 5.20. The lowest BCUT2D eigenvalue weighted by Gasteiger charge is -2.29. The molecule has 2 aromatic carbocycles. The van der Waals surface area contributed by atoms with Gasteiger partial charge in [0.1, 0.15) is 17.2 Å². The second-order valence-electron chi connectivity index (χ2n) is 8.59. The maximum atomic E-state index is 15.0. The van der Waals surface area contributed by atoms with Gasteiger partial charge in [0.15, 0.2) is 5.52 Å². The zero-order valence-corrected chi connectivity index (χ0v) is 17.5. The van der Waals surface area contributed by atoms with E-state index in [9.17, 15) is 14.9 Å². The molecule has 9 heteroatoms. The van der Waals surface area contributed by atoms with Crippen LogP contribution in [-0.2, 0) is 4.74 Å². The Kier molecular flexibility index (Phi) is 5.12. The molecule has 0 aliphatic carbocycles. The van der Waals surface area contributed by atoms with E-state index in [-0.39, 0.29) is 28.6 Å². The predicted octanol–water partition coefficient (Wildman–Crippen LogP) is 5.35. The first-order chi connectivity index (χ1) is 14.6. The highest BCUT2D eigenvalue weighted by Gasteiger charge is 2.33. The number of nitrogens with zero attached hydrogens (tertiary/aromatic N) is 3. The quantitative estimate of drug-likeness (QED) is 0.449. The van der Waals surface area contributed by atoms with Gasteiger partial charge in [0.25, 0.3) is 5.69 Å². The number of rotatable bonds is 3. The van der Waals surface area contributed by atoms with Crippen LogP contribution in [0.1, 0.15) is 45.2 Å². The number of nitro benzene ring substituents is 1. The molecule has 0 bridgehead atoms. The number of nitrogens with one attached hydrogen (secondary N) is 1. The summed E-state index contributed by atoms with van der Waals surface area (Å²) in [6.07, 6.45) is 1.11. The van der Waals surface area contributed by atoms with Crippen LogP contribution in [0.15, 0.2) is 36.4 Å². The van der Waals surface area contributed by atoms with Crippen molar-refractivity contribution in [1.82, 2.24) is 14.9 Å². The van der Waals surface area contributed by atoms with Gasteiger partial charge in [-0.25, -0.2) is 14.2 Å². The standard InChI is InChI=1S/C22H23FN4O4/c1-22(2,3)31-21(28)26-11-5-8-17(26)13-9-10-14(15(23)12-13)20-24-16-6-4-7-18(27(29)30)19(16)25-20/h4,6-7,9-10,12,17H,5,8,11H2,1-3H3,(H,24,25). The van der Waals surface area contributed by atoms with E-state index in [2.05, 4.69) is 9.97 Å². The number of benzene rings is 2. The molecule has 1 aromatic heterocycles. The van der Waals surface area contributed by atoms with Crippen LogP contribution in [0.4, 0.5) is 14.9 Å². The summed E-state index contributed by atoms with van der Waals surface area (Å²) < 4.78 is 20.5. The number of imidazole rings is 1. The van der Waals surface area contributed by atoms with Gasteiger partial charge in [-0.05, 0) is 57.4 Å². The maximum Gasteiger partial charge on any atom is 0.410 e. The van der Waals surface area contributed by atoms with E-state index in [4.69, 9.17) is 4.74 Å². The number of para-hydroxylation sites is 1. The van der Waals surface area contributed by atoms with E-state index in [1.807, 2.05) is 20.8 Å². The van der Waals surface area contributed by atoms with Gasteiger partial charge in [0.2, 0.25) is 0 Å². The van der Waals surface area contributed by atoms with Crippen LogP contribution >= 0.6 is 0 Å². The van der Waals surface area contributed by atoms with E-state index in [0.717, 1.165) is 12.8 Å². The molecular formula is C22H23FN4O4. The number of hydrogen-bond acceptors (Lipinski definition) is 5. The smallest absolute Gasteiger partial charge is 0.410 e. The SMILES string of the molecule is CC(C)(C)OC(=O)N1CCCC1c1ccc(-c2nc3c([N+](=O)[O-])cccc3[nH]2)c(F)c1. The lowest BCUT2D eigenvalue weighted by molar-refractivity contribution is -0.383. The zero-order valence-electron chi connectivity index (χ0n) is 17.5. The van der Waals surface area contributed by atoms with Gasteiger partial charge in [-0.2, -0.15) is 0 Å². The fourth-order valence-corrected chi connectivity index (χ4v) is 3.87. The summed E-state index contributed by atoms with van der Waals surface area (Å²) in [7, 11) is 0. The topological polar surface area (TPSA) is 101 Å². The molecule has 0 spiro atoms. The number of fused-ring (bicyclic) bond motifs is 1. The van der Waals surface area contributed by atoms with E-state index >= 15 is 4.39 Å². The Balaban J connectivity index is 1.64. The highest BCUT2D eigenvalue weighted by atomic mass is 19.1. The molecule has 8 nitrogen and oxygen atoms in total. The third kappa shape index (κ3) is 4.08. The van der Waals surface area contributed by atoms with Crippen LogP contribution in [0.5, 0.6) is 0 Å². The molecule has 0 saturated carbocycles. The molecule has 1 unspecified atom stereocenters. The molecule has 1 fully saturated rings. The van der Waals surface area contributed by atoms with Crippen molar-refractivity contribution >= 4 is 22.8 Å². The van der Waals surface area contributed by atoms with Crippen molar-refractivity contribution in [3.8, 4) is 11.4 Å². The normalized spacial score (nSPS) is 16.6. The monoisotopic (exact) mass is 426 g/mol. The van der Waals surface area contributed by atoms with Crippen molar-refractivity contribution < 1.29 is 18.8 Å². The largest absolute Gasteiger partial charge is 0.444 e. The Bertz CT molecular complexity index is 1170. The minimum atomic E-state index is -0.608. The number of H-pyrrole nitrogens is 1. The summed E-state index contributed by atoms with van der Waals surface area (Å²) in [4.78, 5) is 32.1. The average Bonchev–Trinajstić information content (AvgIpc) is 3.33. The van der Waals surface area contributed by atoms with Crippen molar-refractivity contribution in [3.63, 3.8) is 0 Å². The van der Waals surface area contributed by atoms with Crippen molar-refractivity contribution in [3.05, 3.63) is 57.9 Å². The summed E-state index contributed by atoms with van der Waals surface area (Å²) in [6, 6.07) is 9.03. The molecular weight excluding hydrogens is 403 g/mol. The summed E-state index contributed by atoms with van der Waals surface area (Å²) in [5, 5.41) is 11.2. The van der Waals surface area contributed by atoms with E-state index in [1.165, 1.54) is 12.1 Å². The van der Waals surface area contributed by atoms with E-state index < -0.39 is 22.4 Å². The second-order valence-corrected chi connectivity index (χ2v) is 8.59. The number of non-ortho nitro benzene ring substituents is 1. The van der Waals surface area contributed by atoms with Gasteiger partial charge < -0.3 is 14.6 Å². The number of aromatic amines is 1. The number of carbonyl (C=O) groups excluding carboxylic acids is 1. The number of amides is 1. The van der Waals surface area contributed by atoms with Crippen LogP contribution in [0.2, 0.25) is 0 Å². The number of likely N-dealkylation sites (tertiary alicyclic amines) is 1. The van der Waals surface area contributed by atoms with Gasteiger partial charge >= 0.3 is 6.09 Å². The number of halogens is 1. The number of aromatic nitrogens is 2. The summed E-state index contributed by atoms with van der Waals surface area (Å²) in [5.74, 6) is -0.306. The first kappa shape index (κ1) is 20.8. The number of nitro groups is 1. The van der Waals surface area contributed by atoms with E-state index in [1.54, 1.807) is 29.2 Å². The molecule has 1 atom stereocenters. The minimum absolute atomic E-state index is 0.143. The number of carbonyl (C=O) groups is 1. The fourth-order valence-electron chi connectivity index (χ4n) is 3.87. The summed E-state index contributed by atoms with van der Waals surface area (Å²) >= 11 is 0. The van der Waals surface area contributed by atoms with Gasteiger partial charge in [-0.3, -0.25) is 10.1 Å². The van der Waals surface area contributed by atoms with Gasteiger partial charge in [0.05, 0.1) is 22.0 Å². The Labute approximate surface area is 178 Å². The number of ether oxygens (including phenoxy) is 1. The van der Waals surface area contributed by atoms with Crippen LogP contribution in [-0.4, -0.2) is 38.0 Å². The van der Waals surface area contributed by atoms with Gasteiger partial charge in [0, 0.05) is 12.6 Å². The van der Waals surface area contributed by atoms with Crippen molar-refractivity contribution in [2.24, 2.45) is 0 Å². The molecule has 1 saturated heterocycles. The molecule has 1 N–H and O–H groups in total. The first-order valence-electron chi connectivity index (χ1n) is 10.1. The Hall–Kier alpha value is -3.49. The van der Waals surface area contributed by atoms with Crippen LogP contribution in [0, 0.1) is 15.9 Å². The molecule has 1 aliphatic heterocycles. The maximum absolute atomic E-state index is 15.0. The van der Waals surface area contributed by atoms with Gasteiger partial charge in [-0.15, -0.1) is 0 Å². The van der Waals surface area contributed by atoms with Crippen LogP contribution in [0.3, 0.4) is 0 Å². The molecule has 2 heterocycles. The minimum Gasteiger partial charge on any atom is -0.444 e. The lowest BCUT2D eigenvalue weighted by Crippen LogP contribution is -2.36. The summed E-state index contributed by atoms with van der Waals surface area (Å²) in [5.41, 5.74) is 0.764. The zero-order chi connectivity index (χ0) is 22.3. The van der Waals surface area contributed by atoms with Crippen molar-refractivity contribution in [1.29, 1.82) is 0 Å².